The minimum atomic E-state index is -1.48. The summed E-state index contributed by atoms with van der Waals surface area (Å²) in [6.45, 7) is 30.6. The van der Waals surface area contributed by atoms with Crippen LogP contribution >= 0.6 is 0 Å². The predicted octanol–water partition coefficient (Wildman–Crippen LogP) is 37.2. The fourth-order valence-corrected chi connectivity index (χ4v) is 19.4. The molecule has 0 spiro atoms. The second-order valence-electron chi connectivity index (χ2n) is 37.9. The number of quaternary nitrogens is 2. The predicted molar refractivity (Wildman–Crippen MR) is 526 cm³/mol. The Hall–Kier alpha value is -2.55. The average Bonchev–Trinajstić information content (AvgIpc) is 0.850. The van der Waals surface area contributed by atoms with Gasteiger partial charge in [0.1, 0.15) is 0 Å². The Morgan fingerprint density at radius 1 is 0.186 bits per heavy atom. The highest BCUT2D eigenvalue weighted by molar-refractivity contribution is 7.85. The maximum atomic E-state index is 12.2. The van der Waals surface area contributed by atoms with E-state index in [1.165, 1.54) is 624 Å². The number of nitrogens with zero attached hydrogens (tertiary/aromatic N) is 2. The van der Waals surface area contributed by atoms with Crippen molar-refractivity contribution in [1.29, 1.82) is 0 Å². The molecule has 0 radical (unpaired) electrons. The Bertz CT molecular complexity index is 1980. The van der Waals surface area contributed by atoms with E-state index in [0.29, 0.717) is 9.79 Å². The van der Waals surface area contributed by atoms with Gasteiger partial charge in [0.15, 0.2) is 0 Å². The van der Waals surface area contributed by atoms with Gasteiger partial charge in [-0.05, 0) is 151 Å². The molecule has 0 saturated carbocycles. The molecule has 0 atom stereocenters. The summed E-state index contributed by atoms with van der Waals surface area (Å²) in [5.41, 5.74) is 0.235. The number of aromatic carboxylic acids is 2. The maximum Gasteiger partial charge on any atom is 0.335 e. The molecule has 2 N–H and O–H groups in total. The van der Waals surface area contributed by atoms with E-state index in [1.807, 2.05) is 0 Å². The van der Waals surface area contributed by atoms with E-state index in [9.17, 15) is 13.8 Å². The van der Waals surface area contributed by atoms with Crippen LogP contribution in [0, 0.1) is 0 Å². The molecule has 8 heteroatoms. The van der Waals surface area contributed by atoms with Crippen molar-refractivity contribution in [3.8, 4) is 0 Å². The van der Waals surface area contributed by atoms with Crippen molar-refractivity contribution in [2.45, 2.75) is 579 Å². The molecule has 2 aromatic carbocycles. The lowest BCUT2D eigenvalue weighted by Crippen LogP contribution is -2.50. The van der Waals surface area contributed by atoms with Gasteiger partial charge in [0.2, 0.25) is 0 Å². The molecule has 0 aliphatic carbocycles. The first-order chi connectivity index (χ1) is 58.0. The standard InChI is InChI=1S/2C48H100N.C14H10O5S/c2*1-5-9-13-17-21-25-29-33-37-41-45-49(46-42-38-34-30-26-22-18-14-10-6-2,47-43-39-35-31-27-23-19-15-11-7-3)48-44-40-36-32-28-24-20-16-12-8-4;15-13(16)9-1-5-11(6-2-9)20(19)12-7-3-10(4-8-12)14(17)18/h2*5-48H2,1-4H3;1-8H,(H,15,16)(H,17,18)/q2*+1;. The molecule has 2 rings (SSSR count). The van der Waals surface area contributed by atoms with Crippen LogP contribution in [0.25, 0.3) is 0 Å². The van der Waals surface area contributed by atoms with Crippen LogP contribution < -0.4 is 0 Å². The van der Waals surface area contributed by atoms with Gasteiger partial charge in [-0.3, -0.25) is 0 Å². The van der Waals surface area contributed by atoms with Crippen LogP contribution in [0.15, 0.2) is 58.3 Å². The third-order valence-corrected chi connectivity index (χ3v) is 27.9. The zero-order valence-electron chi connectivity index (χ0n) is 81.3. The van der Waals surface area contributed by atoms with Gasteiger partial charge in [0.25, 0.3) is 0 Å². The Morgan fingerprint density at radius 2 is 0.288 bits per heavy atom. The number of hydrogen-bond donors (Lipinski definition) is 2. The van der Waals surface area contributed by atoms with Crippen molar-refractivity contribution < 1.29 is 33.0 Å². The summed E-state index contributed by atoms with van der Waals surface area (Å²) in [5.74, 6) is -2.10. The Morgan fingerprint density at radius 3 is 0.390 bits per heavy atom. The number of unbranched alkanes of at least 4 members (excludes halogenated alkanes) is 72. The van der Waals surface area contributed by atoms with Gasteiger partial charge in [-0.1, -0.05) is 466 Å². The molecule has 7 nitrogen and oxygen atoms in total. The molecule has 0 heterocycles. The normalized spacial score (nSPS) is 11.7. The second kappa shape index (κ2) is 92.1. The van der Waals surface area contributed by atoms with E-state index in [-0.39, 0.29) is 11.1 Å². The quantitative estimate of drug-likeness (QED) is 0.0509. The van der Waals surface area contributed by atoms with Gasteiger partial charge in [-0.25, -0.2) is 13.8 Å². The molecule has 118 heavy (non-hydrogen) atoms. The molecule has 0 aliphatic heterocycles. The maximum absolute atomic E-state index is 12.2. The highest BCUT2D eigenvalue weighted by atomic mass is 32.2. The molecule has 2 aromatic rings. The summed E-state index contributed by atoms with van der Waals surface area (Å²) in [4.78, 5) is 22.4. The number of hydrogen-bond acceptors (Lipinski definition) is 3. The Balaban J connectivity index is 0.00000188. The molecule has 0 amide bonds. The van der Waals surface area contributed by atoms with Gasteiger partial charge in [-0.15, -0.1) is 0 Å². The van der Waals surface area contributed by atoms with Crippen molar-refractivity contribution in [3.63, 3.8) is 0 Å². The highest BCUT2D eigenvalue weighted by Gasteiger charge is 2.28. The summed E-state index contributed by atoms with van der Waals surface area (Å²) in [6, 6.07) is 11.4. The third kappa shape index (κ3) is 75.9. The lowest BCUT2D eigenvalue weighted by Gasteiger charge is -2.40. The van der Waals surface area contributed by atoms with Crippen molar-refractivity contribution in [2.75, 3.05) is 52.4 Å². The topological polar surface area (TPSA) is 91.7 Å². The summed E-state index contributed by atoms with van der Waals surface area (Å²) in [5, 5.41) is 17.6. The molecule has 0 aliphatic rings. The smallest absolute Gasteiger partial charge is 0.335 e. The first-order valence-corrected chi connectivity index (χ1v) is 54.9. The van der Waals surface area contributed by atoms with Gasteiger partial charge in [-0.2, -0.15) is 0 Å². The average molecular weight is 1670 g/mol. The van der Waals surface area contributed by atoms with Crippen LogP contribution in [0.3, 0.4) is 0 Å². The van der Waals surface area contributed by atoms with E-state index in [2.05, 4.69) is 55.4 Å². The minimum Gasteiger partial charge on any atom is -0.478 e. The summed E-state index contributed by atoms with van der Waals surface area (Å²) < 4.78 is 15.2. The van der Waals surface area contributed by atoms with Crippen LogP contribution in [0.4, 0.5) is 0 Å². The van der Waals surface area contributed by atoms with Crippen LogP contribution in [-0.4, -0.2) is 87.7 Å². The molecular formula is C110H210N2O5S+2. The van der Waals surface area contributed by atoms with Gasteiger partial charge < -0.3 is 19.2 Å². The van der Waals surface area contributed by atoms with Crippen molar-refractivity contribution in [2.24, 2.45) is 0 Å². The lowest BCUT2D eigenvalue weighted by molar-refractivity contribution is -0.929. The summed E-state index contributed by atoms with van der Waals surface area (Å²) in [7, 11) is -1.48. The van der Waals surface area contributed by atoms with Crippen LogP contribution in [0.5, 0.6) is 0 Å². The van der Waals surface area contributed by atoms with Gasteiger partial charge in [0, 0.05) is 9.79 Å². The molecule has 0 bridgehead atoms. The monoisotopic (exact) mass is 1670 g/mol. The zero-order valence-corrected chi connectivity index (χ0v) is 82.1. The fourth-order valence-electron chi connectivity index (χ4n) is 18.4. The third-order valence-electron chi connectivity index (χ3n) is 26.5. The summed E-state index contributed by atoms with van der Waals surface area (Å²) in [6.07, 6.45) is 117. The van der Waals surface area contributed by atoms with Crippen molar-refractivity contribution >= 4 is 22.7 Å². The first kappa shape index (κ1) is 115. The zero-order chi connectivity index (χ0) is 85.9. The molecular weight excluding hydrogens is 1460 g/mol. The second-order valence-corrected chi connectivity index (χ2v) is 39.3. The van der Waals surface area contributed by atoms with Gasteiger partial charge >= 0.3 is 11.9 Å². The van der Waals surface area contributed by atoms with Crippen LogP contribution in [0.2, 0.25) is 0 Å². The fraction of sp³-hybridized carbons (Fsp3) is 0.873. The van der Waals surface area contributed by atoms with Crippen molar-refractivity contribution in [1.82, 2.24) is 0 Å². The molecule has 0 fully saturated rings. The number of rotatable bonds is 92. The SMILES string of the molecule is CCCCCCCCCCCC[N+](CCCCCCCCCCCC)(CCCCCCCCCCCC)CCCCCCCCCCCC.CCCCCCCCCCCC[N+](CCCCCCCCCCCC)(CCCCCCCCCCCC)CCCCCCCCCCCC.O=C(O)c1ccc(S(=O)c2ccc(C(=O)O)cc2)cc1. The Labute approximate surface area is 741 Å². The first-order valence-electron chi connectivity index (χ1n) is 53.8. The Kier molecular flexibility index (Phi) is 90.1. The number of carboxylic acids is 2. The number of carboxylic acid groups (broad SMARTS) is 2. The van der Waals surface area contributed by atoms with Crippen molar-refractivity contribution in [3.05, 3.63) is 59.7 Å². The molecule has 0 saturated heterocycles. The molecule has 694 valence electrons. The van der Waals surface area contributed by atoms with E-state index in [0.717, 1.165) is 0 Å². The summed E-state index contributed by atoms with van der Waals surface area (Å²) >= 11 is 0. The van der Waals surface area contributed by atoms with E-state index in [1.54, 1.807) is 0 Å². The van der Waals surface area contributed by atoms with Crippen LogP contribution in [0.1, 0.15) is 590 Å². The van der Waals surface area contributed by atoms with E-state index < -0.39 is 22.7 Å². The highest BCUT2D eigenvalue weighted by Crippen LogP contribution is 2.27. The van der Waals surface area contributed by atoms with E-state index >= 15 is 0 Å². The molecule has 0 unspecified atom stereocenters. The number of benzene rings is 2. The molecule has 0 aromatic heterocycles. The van der Waals surface area contributed by atoms with Gasteiger partial charge in [0.05, 0.1) is 74.3 Å². The number of carbonyl (C=O) groups is 2. The lowest BCUT2D eigenvalue weighted by atomic mass is 10.0. The van der Waals surface area contributed by atoms with E-state index in [4.69, 9.17) is 10.2 Å². The van der Waals surface area contributed by atoms with Crippen LogP contribution in [-0.2, 0) is 10.8 Å². The minimum absolute atomic E-state index is 0.118. The largest absolute Gasteiger partial charge is 0.478 e.